The van der Waals surface area contributed by atoms with Gasteiger partial charge in [-0.1, -0.05) is 115 Å². The van der Waals surface area contributed by atoms with E-state index in [4.69, 9.17) is 17.0 Å². The van der Waals surface area contributed by atoms with E-state index >= 15 is 0 Å². The number of hydrogen-bond donors (Lipinski definition) is 1. The number of nitrogens with one attached hydrogen (secondary N) is 1. The lowest BCUT2D eigenvalue weighted by atomic mass is 10.0. The van der Waals surface area contributed by atoms with Gasteiger partial charge in [-0.25, -0.2) is 4.79 Å². The number of esters is 1. The van der Waals surface area contributed by atoms with Gasteiger partial charge < -0.3 is 10.1 Å². The lowest BCUT2D eigenvalue weighted by Gasteiger charge is -2.15. The van der Waals surface area contributed by atoms with Crippen LogP contribution in [0.1, 0.15) is 28.4 Å². The van der Waals surface area contributed by atoms with Crippen molar-refractivity contribution in [1.29, 1.82) is 0 Å². The van der Waals surface area contributed by atoms with Gasteiger partial charge in [0.2, 0.25) is 0 Å². The van der Waals surface area contributed by atoms with E-state index < -0.39 is 11.9 Å². The first-order valence-corrected chi connectivity index (χ1v) is 15.1. The minimum Gasteiger partial charge on any atom is -0.462 e. The molecule has 9 heteroatoms. The van der Waals surface area contributed by atoms with Crippen LogP contribution in [0.3, 0.4) is 0 Å². The van der Waals surface area contributed by atoms with Crippen molar-refractivity contribution >= 4 is 62.4 Å². The Kier molecular flexibility index (Phi) is 9.08. The summed E-state index contributed by atoms with van der Waals surface area (Å²) in [4.78, 5) is 42.5. The Morgan fingerprint density at radius 3 is 2.15 bits per heavy atom. The van der Waals surface area contributed by atoms with Crippen LogP contribution in [0.5, 0.6) is 0 Å². The summed E-state index contributed by atoms with van der Waals surface area (Å²) in [6, 6.07) is 28.5. The summed E-state index contributed by atoms with van der Waals surface area (Å²) in [5.41, 5.74) is 3.88. The minimum absolute atomic E-state index is 0.194. The van der Waals surface area contributed by atoms with Crippen LogP contribution in [-0.2, 0) is 27.3 Å². The number of ether oxygens (including phenoxy) is 1. The maximum Gasteiger partial charge on any atom is 0.341 e. The lowest BCUT2D eigenvalue weighted by molar-refractivity contribution is -0.123. The number of carbonyl (C=O) groups excluding carboxylic acids is 3. The number of rotatable bonds is 9. The van der Waals surface area contributed by atoms with Gasteiger partial charge in [0.15, 0.2) is 0 Å². The molecule has 1 N–H and O–H groups in total. The molecule has 1 saturated heterocycles. The fourth-order valence-corrected chi connectivity index (χ4v) is 6.68. The fourth-order valence-electron chi connectivity index (χ4n) is 4.41. The highest BCUT2D eigenvalue weighted by Crippen LogP contribution is 2.39. The number of thiophene rings is 1. The van der Waals surface area contributed by atoms with Crippen LogP contribution in [0.4, 0.5) is 5.00 Å². The molecule has 0 atom stereocenters. The Morgan fingerprint density at radius 2 is 1.51 bits per heavy atom. The van der Waals surface area contributed by atoms with Crippen molar-refractivity contribution in [3.8, 4) is 11.1 Å². The van der Waals surface area contributed by atoms with Crippen molar-refractivity contribution in [2.45, 2.75) is 19.9 Å². The Labute approximate surface area is 252 Å². The molecule has 2 amide bonds. The molecule has 0 spiro atoms. The average molecular weight is 599 g/mol. The summed E-state index contributed by atoms with van der Waals surface area (Å²) >= 11 is 7.94. The summed E-state index contributed by atoms with van der Waals surface area (Å²) in [6.45, 7) is 2.24. The third kappa shape index (κ3) is 6.48. The molecule has 1 fully saturated rings. The maximum atomic E-state index is 14.0. The van der Waals surface area contributed by atoms with Gasteiger partial charge in [-0.2, -0.15) is 0 Å². The molecule has 5 rings (SSSR count). The highest BCUT2D eigenvalue weighted by Gasteiger charge is 2.36. The monoisotopic (exact) mass is 598 g/mol. The van der Waals surface area contributed by atoms with E-state index in [-0.39, 0.29) is 35.0 Å². The van der Waals surface area contributed by atoms with Gasteiger partial charge in [0, 0.05) is 22.9 Å². The van der Waals surface area contributed by atoms with E-state index in [1.807, 2.05) is 96.4 Å². The number of carbonyl (C=O) groups is 3. The van der Waals surface area contributed by atoms with Gasteiger partial charge in [-0.05, 0) is 23.6 Å². The highest BCUT2D eigenvalue weighted by molar-refractivity contribution is 8.26. The van der Waals surface area contributed by atoms with Crippen molar-refractivity contribution in [1.82, 2.24) is 4.90 Å². The number of amides is 2. The number of nitrogens with zero attached hydrogens (tertiary/aromatic N) is 1. The predicted octanol–water partition coefficient (Wildman–Crippen LogP) is 7.09. The fraction of sp³-hybridized carbons (Fsp3) is 0.125. The molecule has 2 heterocycles. The van der Waals surface area contributed by atoms with Crippen LogP contribution in [0.2, 0.25) is 0 Å². The molecule has 1 aromatic heterocycles. The molecule has 0 unspecified atom stereocenters. The molecule has 0 bridgehead atoms. The summed E-state index contributed by atoms with van der Waals surface area (Å²) in [5.74, 6) is -1.31. The zero-order valence-electron chi connectivity index (χ0n) is 22.2. The summed E-state index contributed by atoms with van der Waals surface area (Å²) in [7, 11) is 0. The summed E-state index contributed by atoms with van der Waals surface area (Å²) in [5, 5.41) is 5.12. The van der Waals surface area contributed by atoms with Gasteiger partial charge in [0.1, 0.15) is 14.9 Å². The highest BCUT2D eigenvalue weighted by atomic mass is 32.2. The maximum absolute atomic E-state index is 14.0. The smallest absolute Gasteiger partial charge is 0.341 e. The van der Waals surface area contributed by atoms with E-state index in [1.54, 1.807) is 6.92 Å². The van der Waals surface area contributed by atoms with Gasteiger partial charge in [-0.3, -0.25) is 14.5 Å². The quantitative estimate of drug-likeness (QED) is 0.126. The number of benzene rings is 3. The van der Waals surface area contributed by atoms with Crippen LogP contribution < -0.4 is 5.32 Å². The van der Waals surface area contributed by atoms with E-state index in [0.717, 1.165) is 28.5 Å². The predicted molar refractivity (Wildman–Crippen MR) is 169 cm³/mol. The second kappa shape index (κ2) is 13.1. The molecular weight excluding hydrogens is 573 g/mol. The van der Waals surface area contributed by atoms with E-state index in [0.29, 0.717) is 21.4 Å². The number of thiocarbonyl (C=S) groups is 1. The minimum atomic E-state index is -0.526. The molecule has 6 nitrogen and oxygen atoms in total. The molecule has 41 heavy (non-hydrogen) atoms. The molecular formula is C32H26N2O4S3. The Balaban J connectivity index is 1.52. The first-order valence-electron chi connectivity index (χ1n) is 13.0. The van der Waals surface area contributed by atoms with Crippen molar-refractivity contribution in [3.05, 3.63) is 124 Å². The van der Waals surface area contributed by atoms with Crippen molar-refractivity contribution in [2.75, 3.05) is 11.9 Å². The van der Waals surface area contributed by atoms with Gasteiger partial charge in [-0.15, -0.1) is 11.3 Å². The van der Waals surface area contributed by atoms with Crippen LogP contribution in [-0.4, -0.2) is 33.6 Å². The second-order valence-electron chi connectivity index (χ2n) is 9.11. The molecule has 0 saturated carbocycles. The topological polar surface area (TPSA) is 75.7 Å². The van der Waals surface area contributed by atoms with E-state index in [2.05, 4.69) is 5.32 Å². The molecule has 1 aliphatic heterocycles. The lowest BCUT2D eigenvalue weighted by Crippen LogP contribution is -2.28. The van der Waals surface area contributed by atoms with E-state index in [1.165, 1.54) is 16.2 Å². The van der Waals surface area contributed by atoms with E-state index in [9.17, 15) is 14.4 Å². The Morgan fingerprint density at radius 1 is 0.902 bits per heavy atom. The first kappa shape index (κ1) is 28.5. The zero-order valence-corrected chi connectivity index (χ0v) is 24.6. The molecule has 206 valence electrons. The number of thioether (sulfide) groups is 1. The Bertz CT molecular complexity index is 1620. The standard InChI is InChI=1S/C32H26N2O4S3/c1-2-38-31(37)26-25(23-16-10-5-11-17-23)20-40-29(26)33-28(35)24(18-21-12-6-3-7-13-21)27-30(36)34(32(39)41-27)19-22-14-8-4-9-15-22/h3-17,20H,2,18-19H2,1H3,(H,33,35)/b27-24+. The van der Waals surface area contributed by atoms with Crippen LogP contribution in [0, 0.1) is 0 Å². The van der Waals surface area contributed by atoms with Crippen molar-refractivity contribution in [2.24, 2.45) is 0 Å². The first-order chi connectivity index (χ1) is 20.0. The number of anilines is 1. The van der Waals surface area contributed by atoms with Gasteiger partial charge in [0.25, 0.3) is 11.8 Å². The molecule has 0 aliphatic carbocycles. The normalized spacial score (nSPS) is 14.2. The zero-order chi connectivity index (χ0) is 28.8. The third-order valence-corrected chi connectivity index (χ3v) is 8.77. The molecule has 4 aromatic rings. The number of hydrogen-bond acceptors (Lipinski definition) is 7. The molecule has 0 radical (unpaired) electrons. The van der Waals surface area contributed by atoms with Crippen molar-refractivity contribution in [3.63, 3.8) is 0 Å². The third-order valence-electron chi connectivity index (χ3n) is 6.39. The van der Waals surface area contributed by atoms with Crippen molar-refractivity contribution < 1.29 is 19.1 Å². The molecule has 1 aliphatic rings. The van der Waals surface area contributed by atoms with Gasteiger partial charge in [0.05, 0.1) is 18.1 Å². The van der Waals surface area contributed by atoms with Crippen LogP contribution >= 0.6 is 35.3 Å². The summed E-state index contributed by atoms with van der Waals surface area (Å²) < 4.78 is 5.74. The SMILES string of the molecule is CCOC(=O)c1c(-c2ccccc2)csc1NC(=O)/C(Cc1ccccc1)=C1/SC(=S)N(Cc2ccccc2)C1=O. The largest absolute Gasteiger partial charge is 0.462 e. The van der Waals surface area contributed by atoms with Crippen LogP contribution in [0.25, 0.3) is 11.1 Å². The molecule has 3 aromatic carbocycles. The van der Waals surface area contributed by atoms with Gasteiger partial charge >= 0.3 is 5.97 Å². The second-order valence-corrected chi connectivity index (χ2v) is 11.6. The summed E-state index contributed by atoms with van der Waals surface area (Å²) in [6.07, 6.45) is 0.216. The van der Waals surface area contributed by atoms with Crippen LogP contribution in [0.15, 0.2) is 107 Å². The Hall–Kier alpha value is -4.05. The average Bonchev–Trinajstić information content (AvgIpc) is 3.53.